The van der Waals surface area contributed by atoms with E-state index in [9.17, 15) is 14.4 Å². The summed E-state index contributed by atoms with van der Waals surface area (Å²) >= 11 is 0. The van der Waals surface area contributed by atoms with Crippen molar-refractivity contribution in [3.8, 4) is 0 Å². The minimum absolute atomic E-state index is 0.118. The van der Waals surface area contributed by atoms with Gasteiger partial charge in [0, 0.05) is 32.0 Å². The zero-order chi connectivity index (χ0) is 16.4. The Morgan fingerprint density at radius 1 is 1.26 bits per heavy atom. The maximum Gasteiger partial charge on any atom is 0.417 e. The lowest BCUT2D eigenvalue weighted by molar-refractivity contribution is -0.138. The average molecular weight is 316 g/mol. The van der Waals surface area contributed by atoms with Gasteiger partial charge in [-0.15, -0.1) is 0 Å². The van der Waals surface area contributed by atoms with Gasteiger partial charge in [-0.3, -0.25) is 9.59 Å². The van der Waals surface area contributed by atoms with Crippen LogP contribution in [0.25, 0.3) is 0 Å². The Bertz CT molecular complexity index is 594. The van der Waals surface area contributed by atoms with E-state index in [1.807, 2.05) is 37.3 Å². The second kappa shape index (κ2) is 6.40. The molecular formula is C17H20N2O4. The lowest BCUT2D eigenvalue weighted by Gasteiger charge is -2.40. The molecule has 0 saturated carbocycles. The zero-order valence-corrected chi connectivity index (χ0v) is 13.1. The van der Waals surface area contributed by atoms with Gasteiger partial charge in [-0.25, -0.2) is 9.69 Å². The fourth-order valence-corrected chi connectivity index (χ4v) is 3.00. The number of rotatable bonds is 5. The van der Waals surface area contributed by atoms with Crippen LogP contribution in [0.2, 0.25) is 0 Å². The van der Waals surface area contributed by atoms with E-state index in [0.29, 0.717) is 26.1 Å². The van der Waals surface area contributed by atoms with E-state index in [-0.39, 0.29) is 30.3 Å². The summed E-state index contributed by atoms with van der Waals surface area (Å²) in [6.07, 6.45) is -0.0982. The molecule has 2 fully saturated rings. The van der Waals surface area contributed by atoms with E-state index in [1.54, 1.807) is 4.90 Å². The molecule has 0 radical (unpaired) electrons. The Balaban J connectivity index is 1.45. The van der Waals surface area contributed by atoms with Gasteiger partial charge in [0.05, 0.1) is 0 Å². The van der Waals surface area contributed by atoms with Crippen LogP contribution in [0.15, 0.2) is 30.3 Å². The average Bonchev–Trinajstić information content (AvgIpc) is 2.82. The van der Waals surface area contributed by atoms with Crippen LogP contribution in [0.1, 0.15) is 24.8 Å². The zero-order valence-electron chi connectivity index (χ0n) is 13.1. The quantitative estimate of drug-likeness (QED) is 0.828. The second-order valence-electron chi connectivity index (χ2n) is 6.24. The highest BCUT2D eigenvalue weighted by molar-refractivity contribution is 5.97. The number of hydrogen-bond donors (Lipinski definition) is 0. The largest absolute Gasteiger partial charge is 0.439 e. The molecule has 6 heteroatoms. The Labute approximate surface area is 135 Å². The van der Waals surface area contributed by atoms with Gasteiger partial charge in [0.15, 0.2) is 6.61 Å². The van der Waals surface area contributed by atoms with Crippen molar-refractivity contribution in [1.29, 1.82) is 0 Å². The monoisotopic (exact) mass is 316 g/mol. The van der Waals surface area contributed by atoms with Crippen LogP contribution in [-0.4, -0.2) is 53.9 Å². The summed E-state index contributed by atoms with van der Waals surface area (Å²) in [5.41, 5.74) is 1.16. The van der Waals surface area contributed by atoms with Crippen molar-refractivity contribution in [3.63, 3.8) is 0 Å². The van der Waals surface area contributed by atoms with Crippen molar-refractivity contribution in [2.75, 3.05) is 26.2 Å². The first-order valence-electron chi connectivity index (χ1n) is 7.84. The topological polar surface area (TPSA) is 66.9 Å². The molecule has 2 heterocycles. The second-order valence-corrected chi connectivity index (χ2v) is 6.24. The summed E-state index contributed by atoms with van der Waals surface area (Å²) in [5.74, 6) is 0.156. The highest BCUT2D eigenvalue weighted by Crippen LogP contribution is 2.24. The van der Waals surface area contributed by atoms with Gasteiger partial charge in [-0.2, -0.15) is 0 Å². The van der Waals surface area contributed by atoms with Crippen molar-refractivity contribution in [3.05, 3.63) is 35.9 Å². The summed E-state index contributed by atoms with van der Waals surface area (Å²) in [7, 11) is 0. The van der Waals surface area contributed by atoms with E-state index in [4.69, 9.17) is 0 Å². The summed E-state index contributed by atoms with van der Waals surface area (Å²) in [4.78, 5) is 38.1. The number of cyclic esters (lactones) is 1. The molecule has 23 heavy (non-hydrogen) atoms. The normalized spacial score (nSPS) is 19.5. The van der Waals surface area contributed by atoms with Crippen LogP contribution < -0.4 is 0 Å². The highest BCUT2D eigenvalue weighted by atomic mass is 16.6. The summed E-state index contributed by atoms with van der Waals surface area (Å²) in [6, 6.07) is 9.97. The lowest BCUT2D eigenvalue weighted by atomic mass is 9.94. The number of carbonyl (C=O) groups is 3. The molecule has 2 aliphatic rings. The van der Waals surface area contributed by atoms with Gasteiger partial charge in [0.1, 0.15) is 0 Å². The first kappa shape index (κ1) is 15.5. The maximum absolute atomic E-state index is 12.3. The molecule has 0 spiro atoms. The molecule has 6 nitrogen and oxygen atoms in total. The molecule has 1 unspecified atom stereocenters. The maximum atomic E-state index is 12.3. The lowest BCUT2D eigenvalue weighted by Crippen LogP contribution is -2.54. The minimum atomic E-state index is -0.572. The van der Waals surface area contributed by atoms with Gasteiger partial charge in [0.2, 0.25) is 5.91 Å². The molecule has 122 valence electrons. The number of carbonyl (C=O) groups excluding carboxylic acids is 3. The third-order valence-corrected chi connectivity index (χ3v) is 4.44. The molecule has 2 saturated heterocycles. The third kappa shape index (κ3) is 3.36. The number of nitrogens with zero attached hydrogens (tertiary/aromatic N) is 2. The van der Waals surface area contributed by atoms with Crippen molar-refractivity contribution in [2.45, 2.75) is 19.3 Å². The number of imide groups is 1. The number of benzene rings is 1. The van der Waals surface area contributed by atoms with Crippen LogP contribution in [0.4, 0.5) is 4.79 Å². The Morgan fingerprint density at radius 2 is 1.96 bits per heavy atom. The summed E-state index contributed by atoms with van der Waals surface area (Å²) < 4.78 is 4.68. The fraction of sp³-hybridized carbons (Fsp3) is 0.471. The van der Waals surface area contributed by atoms with Crippen molar-refractivity contribution >= 4 is 17.9 Å². The molecule has 0 bridgehead atoms. The Kier molecular flexibility index (Phi) is 4.32. The highest BCUT2D eigenvalue weighted by Gasteiger charge is 2.38. The standard InChI is InChI=1S/C17H20N2O4/c1-12(14-5-3-2-4-6-14)7-15(20)18-8-13(9-18)10-19-16(21)11-23-17(19)22/h2-6,12-13H,7-11H2,1H3. The predicted octanol–water partition coefficient (Wildman–Crippen LogP) is 1.62. The first-order chi connectivity index (χ1) is 11.0. The molecule has 0 N–H and O–H groups in total. The molecule has 1 aromatic carbocycles. The predicted molar refractivity (Wildman–Crippen MR) is 82.6 cm³/mol. The van der Waals surface area contributed by atoms with Crippen LogP contribution in [0.5, 0.6) is 0 Å². The Hall–Kier alpha value is -2.37. The molecule has 1 aromatic rings. The molecule has 1 atom stereocenters. The van der Waals surface area contributed by atoms with Crippen LogP contribution in [0, 0.1) is 5.92 Å². The van der Waals surface area contributed by atoms with Gasteiger partial charge in [-0.1, -0.05) is 37.3 Å². The van der Waals surface area contributed by atoms with Gasteiger partial charge >= 0.3 is 6.09 Å². The molecule has 3 amide bonds. The van der Waals surface area contributed by atoms with E-state index >= 15 is 0 Å². The minimum Gasteiger partial charge on any atom is -0.439 e. The van der Waals surface area contributed by atoms with Crippen LogP contribution >= 0.6 is 0 Å². The molecule has 0 aromatic heterocycles. The van der Waals surface area contributed by atoms with Gasteiger partial charge < -0.3 is 9.64 Å². The van der Waals surface area contributed by atoms with Crippen molar-refractivity contribution in [2.24, 2.45) is 5.92 Å². The summed E-state index contributed by atoms with van der Waals surface area (Å²) in [5, 5.41) is 0. The number of amides is 3. The number of ether oxygens (including phenoxy) is 1. The van der Waals surface area contributed by atoms with Crippen LogP contribution in [0.3, 0.4) is 0 Å². The summed E-state index contributed by atoms with van der Waals surface area (Å²) in [6.45, 7) is 3.41. The molecule has 2 aliphatic heterocycles. The molecular weight excluding hydrogens is 296 g/mol. The number of likely N-dealkylation sites (tertiary alicyclic amines) is 1. The van der Waals surface area contributed by atoms with Gasteiger partial charge in [0.25, 0.3) is 5.91 Å². The molecule has 0 aliphatic carbocycles. The SMILES string of the molecule is CC(CC(=O)N1CC(CN2C(=O)COC2=O)C1)c1ccccc1. The van der Waals surface area contributed by atoms with Crippen molar-refractivity contribution in [1.82, 2.24) is 9.80 Å². The van der Waals surface area contributed by atoms with Crippen molar-refractivity contribution < 1.29 is 19.1 Å². The third-order valence-electron chi connectivity index (χ3n) is 4.44. The molecule has 3 rings (SSSR count). The first-order valence-corrected chi connectivity index (χ1v) is 7.84. The van der Waals surface area contributed by atoms with E-state index in [0.717, 1.165) is 10.5 Å². The van der Waals surface area contributed by atoms with E-state index in [2.05, 4.69) is 4.74 Å². The number of hydrogen-bond acceptors (Lipinski definition) is 4. The van der Waals surface area contributed by atoms with Crippen LogP contribution in [-0.2, 0) is 14.3 Å². The van der Waals surface area contributed by atoms with E-state index < -0.39 is 6.09 Å². The Morgan fingerprint density at radius 3 is 2.57 bits per heavy atom. The smallest absolute Gasteiger partial charge is 0.417 e. The fourth-order valence-electron chi connectivity index (χ4n) is 3.00. The van der Waals surface area contributed by atoms with Gasteiger partial charge in [-0.05, 0) is 11.5 Å². The van der Waals surface area contributed by atoms with E-state index in [1.165, 1.54) is 0 Å².